The summed E-state index contributed by atoms with van der Waals surface area (Å²) >= 11 is 0. The first-order valence-electron chi connectivity index (χ1n) is 11.4. The maximum absolute atomic E-state index is 13.2. The lowest BCUT2D eigenvalue weighted by Crippen LogP contribution is -2.47. The van der Waals surface area contributed by atoms with Gasteiger partial charge in [0.05, 0.1) is 38.0 Å². The molecule has 1 atom stereocenters. The van der Waals surface area contributed by atoms with Crippen LogP contribution in [0, 0.1) is 0 Å². The molecule has 0 N–H and O–H groups in total. The number of carbonyl (C=O) groups excluding carboxylic acids is 2. The first-order valence-corrected chi connectivity index (χ1v) is 11.4. The summed E-state index contributed by atoms with van der Waals surface area (Å²) in [7, 11) is 3.95. The molecule has 9 nitrogen and oxygen atoms in total. The second kappa shape index (κ2) is 9.48. The maximum Gasteiger partial charge on any atom is 0.237 e. The molecule has 0 saturated carbocycles. The van der Waals surface area contributed by atoms with Gasteiger partial charge in [-0.25, -0.2) is 9.97 Å². The highest BCUT2D eigenvalue weighted by atomic mass is 16.5. The fourth-order valence-electron chi connectivity index (χ4n) is 4.74. The van der Waals surface area contributed by atoms with Gasteiger partial charge in [-0.1, -0.05) is 0 Å². The van der Waals surface area contributed by atoms with Crippen molar-refractivity contribution in [2.24, 2.45) is 0 Å². The summed E-state index contributed by atoms with van der Waals surface area (Å²) in [4.78, 5) is 43.0. The molecule has 0 spiro atoms. The van der Waals surface area contributed by atoms with Crippen LogP contribution in [0.2, 0.25) is 0 Å². The molecule has 4 heterocycles. The second-order valence-corrected chi connectivity index (χ2v) is 8.90. The number of likely N-dealkylation sites (tertiary alicyclic amines) is 1. The summed E-state index contributed by atoms with van der Waals surface area (Å²) in [6, 6.07) is -0.0860. The van der Waals surface area contributed by atoms with E-state index in [1.54, 1.807) is 6.92 Å². The summed E-state index contributed by atoms with van der Waals surface area (Å²) in [5.74, 6) is 1.83. The van der Waals surface area contributed by atoms with Crippen molar-refractivity contribution in [3.8, 4) is 0 Å². The van der Waals surface area contributed by atoms with E-state index >= 15 is 0 Å². The Kier molecular flexibility index (Phi) is 6.71. The molecule has 1 aromatic heterocycles. The van der Waals surface area contributed by atoms with E-state index in [-0.39, 0.29) is 17.9 Å². The largest absolute Gasteiger partial charge is 0.379 e. The lowest BCUT2D eigenvalue weighted by molar-refractivity contribution is -0.137. The van der Waals surface area contributed by atoms with Crippen molar-refractivity contribution in [2.75, 3.05) is 64.9 Å². The van der Waals surface area contributed by atoms with E-state index in [2.05, 4.69) is 4.90 Å². The third kappa shape index (κ3) is 4.82. The molecule has 1 unspecified atom stereocenters. The Morgan fingerprint density at radius 2 is 1.87 bits per heavy atom. The third-order valence-corrected chi connectivity index (χ3v) is 6.51. The Hall–Kier alpha value is -2.26. The van der Waals surface area contributed by atoms with Crippen LogP contribution < -0.4 is 4.90 Å². The van der Waals surface area contributed by atoms with Crippen molar-refractivity contribution < 1.29 is 14.3 Å². The molecule has 9 heteroatoms. The zero-order chi connectivity index (χ0) is 22.0. The number of hydrogen-bond acceptors (Lipinski definition) is 7. The van der Waals surface area contributed by atoms with Gasteiger partial charge in [0.1, 0.15) is 5.82 Å². The lowest BCUT2D eigenvalue weighted by Gasteiger charge is -2.38. The molecular weight excluding hydrogens is 396 g/mol. The van der Waals surface area contributed by atoms with E-state index in [1.807, 2.05) is 28.8 Å². The molecule has 3 aliphatic rings. The molecule has 4 rings (SSSR count). The number of nitrogens with zero attached hydrogens (tertiary/aromatic N) is 6. The SMILES string of the molecule is CC(=O)N1CCc2nc(C3CCCCN3C(=O)CN3CCOCC3)nc(N(C)C)c2C1. The molecule has 0 radical (unpaired) electrons. The minimum Gasteiger partial charge on any atom is -0.379 e. The Labute approximate surface area is 184 Å². The minimum absolute atomic E-state index is 0.0756. The molecular formula is C22H34N6O3. The summed E-state index contributed by atoms with van der Waals surface area (Å²) in [5, 5.41) is 0. The second-order valence-electron chi connectivity index (χ2n) is 8.90. The van der Waals surface area contributed by atoms with Crippen molar-refractivity contribution in [1.29, 1.82) is 0 Å². The van der Waals surface area contributed by atoms with E-state index in [0.29, 0.717) is 32.8 Å². The van der Waals surface area contributed by atoms with Gasteiger partial charge >= 0.3 is 0 Å². The van der Waals surface area contributed by atoms with Crippen LogP contribution in [0.1, 0.15) is 49.3 Å². The van der Waals surface area contributed by atoms with E-state index in [4.69, 9.17) is 14.7 Å². The van der Waals surface area contributed by atoms with Gasteiger partial charge in [0.2, 0.25) is 11.8 Å². The number of hydrogen-bond donors (Lipinski definition) is 0. The van der Waals surface area contributed by atoms with Crippen molar-refractivity contribution in [2.45, 2.75) is 45.2 Å². The zero-order valence-electron chi connectivity index (χ0n) is 19.0. The highest BCUT2D eigenvalue weighted by Crippen LogP contribution is 2.33. The Bertz CT molecular complexity index is 824. The van der Waals surface area contributed by atoms with Crippen LogP contribution in [0.15, 0.2) is 0 Å². The molecule has 0 aliphatic carbocycles. The Morgan fingerprint density at radius 1 is 1.10 bits per heavy atom. The fourth-order valence-corrected chi connectivity index (χ4v) is 4.74. The van der Waals surface area contributed by atoms with Crippen LogP contribution in [0.5, 0.6) is 0 Å². The van der Waals surface area contributed by atoms with E-state index in [1.165, 1.54) is 0 Å². The summed E-state index contributed by atoms with van der Waals surface area (Å²) in [5.41, 5.74) is 2.04. The molecule has 1 aromatic rings. The molecule has 2 fully saturated rings. The van der Waals surface area contributed by atoms with Gasteiger partial charge in [-0.3, -0.25) is 14.5 Å². The van der Waals surface area contributed by atoms with E-state index in [0.717, 1.165) is 68.2 Å². The van der Waals surface area contributed by atoms with E-state index in [9.17, 15) is 9.59 Å². The average molecular weight is 431 g/mol. The summed E-state index contributed by atoms with van der Waals surface area (Å²) in [6.07, 6.45) is 3.70. The number of amides is 2. The number of piperidine rings is 1. The summed E-state index contributed by atoms with van der Waals surface area (Å²) in [6.45, 7) is 6.99. The smallest absolute Gasteiger partial charge is 0.237 e. The number of aromatic nitrogens is 2. The van der Waals surface area contributed by atoms with E-state index < -0.39 is 0 Å². The topological polar surface area (TPSA) is 82.1 Å². The highest BCUT2D eigenvalue weighted by molar-refractivity contribution is 5.79. The number of fused-ring (bicyclic) bond motifs is 1. The first-order chi connectivity index (χ1) is 14.9. The number of ether oxygens (including phenoxy) is 1. The van der Waals surface area contributed by atoms with Crippen LogP contribution in [0.4, 0.5) is 5.82 Å². The molecule has 0 aromatic carbocycles. The van der Waals surface area contributed by atoms with Crippen LogP contribution in [0.25, 0.3) is 0 Å². The number of anilines is 1. The zero-order valence-corrected chi connectivity index (χ0v) is 19.0. The number of carbonyl (C=O) groups is 2. The molecule has 3 aliphatic heterocycles. The fraction of sp³-hybridized carbons (Fsp3) is 0.727. The quantitative estimate of drug-likeness (QED) is 0.700. The summed E-state index contributed by atoms with van der Waals surface area (Å²) < 4.78 is 5.41. The Balaban J connectivity index is 1.59. The molecule has 170 valence electrons. The first kappa shape index (κ1) is 22.0. The van der Waals surface area contributed by atoms with Crippen LogP contribution in [-0.2, 0) is 27.3 Å². The number of rotatable bonds is 4. The third-order valence-electron chi connectivity index (χ3n) is 6.51. The molecule has 2 saturated heterocycles. The van der Waals surface area contributed by atoms with Crippen LogP contribution in [0.3, 0.4) is 0 Å². The van der Waals surface area contributed by atoms with Gasteiger partial charge in [-0.2, -0.15) is 0 Å². The van der Waals surface area contributed by atoms with Crippen LogP contribution in [-0.4, -0.2) is 96.5 Å². The predicted octanol–water partition coefficient (Wildman–Crippen LogP) is 0.833. The van der Waals surface area contributed by atoms with Crippen LogP contribution >= 0.6 is 0 Å². The maximum atomic E-state index is 13.2. The van der Waals surface area contributed by atoms with Crippen molar-refractivity contribution in [1.82, 2.24) is 24.7 Å². The predicted molar refractivity (Wildman–Crippen MR) is 117 cm³/mol. The van der Waals surface area contributed by atoms with Gasteiger partial charge in [0, 0.05) is 59.2 Å². The van der Waals surface area contributed by atoms with Gasteiger partial charge < -0.3 is 19.4 Å². The van der Waals surface area contributed by atoms with Gasteiger partial charge in [0.15, 0.2) is 5.82 Å². The molecule has 2 amide bonds. The molecule has 31 heavy (non-hydrogen) atoms. The normalized spacial score (nSPS) is 22.2. The minimum atomic E-state index is -0.0860. The van der Waals surface area contributed by atoms with Gasteiger partial charge in [-0.05, 0) is 19.3 Å². The van der Waals surface area contributed by atoms with Gasteiger partial charge in [0.25, 0.3) is 0 Å². The van der Waals surface area contributed by atoms with Crippen molar-refractivity contribution in [3.05, 3.63) is 17.1 Å². The highest BCUT2D eigenvalue weighted by Gasteiger charge is 2.33. The van der Waals surface area contributed by atoms with Gasteiger partial charge in [-0.15, -0.1) is 0 Å². The number of morpholine rings is 1. The average Bonchev–Trinajstić information content (AvgIpc) is 2.78. The monoisotopic (exact) mass is 430 g/mol. The standard InChI is InChI=1S/C22H34N6O3/c1-16(29)27-9-7-18-17(14-27)22(25(2)3)24-21(23-18)19-6-4-5-8-28(19)20(30)15-26-10-12-31-13-11-26/h19H,4-15H2,1-3H3. The Morgan fingerprint density at radius 3 is 2.58 bits per heavy atom. The molecule has 0 bridgehead atoms. The lowest BCUT2D eigenvalue weighted by atomic mass is 9.99. The van der Waals surface area contributed by atoms with Crippen molar-refractivity contribution in [3.63, 3.8) is 0 Å². The van der Waals surface area contributed by atoms with Crippen molar-refractivity contribution >= 4 is 17.6 Å².